The fraction of sp³-hybridized carbons (Fsp3) is 0.500. The largest absolute Gasteiger partial charge is 0.349 e. The molecule has 2 aliphatic heterocycles. The fourth-order valence-corrected chi connectivity index (χ4v) is 3.50. The van der Waals surface area contributed by atoms with E-state index in [4.69, 9.17) is 0 Å². The van der Waals surface area contributed by atoms with Crippen molar-refractivity contribution >= 4 is 23.6 Å². The molecule has 0 aliphatic carbocycles. The molecule has 0 saturated carbocycles. The van der Waals surface area contributed by atoms with Crippen molar-refractivity contribution in [3.05, 3.63) is 35.9 Å². The van der Waals surface area contributed by atoms with Crippen LogP contribution in [0.2, 0.25) is 0 Å². The zero-order valence-corrected chi connectivity index (χ0v) is 15.9. The number of benzene rings is 1. The molecule has 1 aromatic rings. The molecule has 0 radical (unpaired) electrons. The van der Waals surface area contributed by atoms with E-state index >= 15 is 0 Å². The summed E-state index contributed by atoms with van der Waals surface area (Å²) in [6.45, 7) is 1.03. The van der Waals surface area contributed by atoms with Gasteiger partial charge in [-0.1, -0.05) is 30.3 Å². The van der Waals surface area contributed by atoms with Crippen LogP contribution in [0, 0.1) is 0 Å². The van der Waals surface area contributed by atoms with Crippen LogP contribution in [0.15, 0.2) is 35.3 Å². The van der Waals surface area contributed by atoms with Crippen molar-refractivity contribution in [2.24, 2.45) is 4.99 Å². The van der Waals surface area contributed by atoms with E-state index in [1.165, 1.54) is 0 Å². The first-order valence-corrected chi connectivity index (χ1v) is 9.36. The molecule has 1 fully saturated rings. The van der Waals surface area contributed by atoms with E-state index in [1.54, 1.807) is 21.9 Å². The number of piperidine rings is 1. The number of aliphatic imine (C=N–C) groups is 1. The number of carbonyl (C=O) groups excluding carboxylic acids is 3. The van der Waals surface area contributed by atoms with Crippen LogP contribution in [0.4, 0.5) is 0 Å². The molecule has 7 nitrogen and oxygen atoms in total. The molecular weight excluding hydrogens is 344 g/mol. The lowest BCUT2D eigenvalue weighted by atomic mass is 9.88. The van der Waals surface area contributed by atoms with Crippen LogP contribution in [0.3, 0.4) is 0 Å². The Morgan fingerprint density at radius 3 is 2.41 bits per heavy atom. The number of hydrogen-bond donors (Lipinski definition) is 1. The predicted molar refractivity (Wildman–Crippen MR) is 102 cm³/mol. The molecular formula is C20H26N4O3. The van der Waals surface area contributed by atoms with E-state index in [2.05, 4.69) is 10.3 Å². The number of guanidine groups is 1. The third-order valence-electron chi connectivity index (χ3n) is 5.23. The molecule has 0 aromatic heterocycles. The van der Waals surface area contributed by atoms with E-state index in [0.29, 0.717) is 56.7 Å². The highest BCUT2D eigenvalue weighted by Crippen LogP contribution is 2.30. The number of rotatable bonds is 5. The maximum absolute atomic E-state index is 12.4. The topological polar surface area (TPSA) is 82.1 Å². The highest BCUT2D eigenvalue weighted by Gasteiger charge is 2.46. The first-order valence-electron chi connectivity index (χ1n) is 9.36. The summed E-state index contributed by atoms with van der Waals surface area (Å²) < 4.78 is 0. The Hall–Kier alpha value is -2.70. The minimum atomic E-state index is -0.736. The van der Waals surface area contributed by atoms with Gasteiger partial charge in [0.1, 0.15) is 5.54 Å². The zero-order valence-electron chi connectivity index (χ0n) is 15.9. The second-order valence-electron chi connectivity index (χ2n) is 7.34. The first kappa shape index (κ1) is 19.1. The lowest BCUT2D eigenvalue weighted by Gasteiger charge is -2.35. The van der Waals surface area contributed by atoms with Crippen LogP contribution in [-0.2, 0) is 9.59 Å². The monoisotopic (exact) mass is 370 g/mol. The highest BCUT2D eigenvalue weighted by molar-refractivity contribution is 6.07. The third-order valence-corrected chi connectivity index (χ3v) is 5.23. The predicted octanol–water partition coefficient (Wildman–Crippen LogP) is 1.45. The second kappa shape index (κ2) is 7.90. The Labute approximate surface area is 159 Å². The highest BCUT2D eigenvalue weighted by atomic mass is 16.2. The standard InChI is InChI=1S/C20H26N4O3/c1-23(2)19-21-18(27)20(22-19)11-13-24(14-12-20)17(26)10-6-9-16(25)15-7-4-3-5-8-15/h3-5,7-8H,6,9-14H2,1-2H3,(H,21,22,27). The molecule has 2 heterocycles. The lowest BCUT2D eigenvalue weighted by molar-refractivity contribution is -0.135. The van der Waals surface area contributed by atoms with E-state index < -0.39 is 5.54 Å². The number of nitrogens with zero attached hydrogens (tertiary/aromatic N) is 3. The lowest BCUT2D eigenvalue weighted by Crippen LogP contribution is -2.50. The summed E-state index contributed by atoms with van der Waals surface area (Å²) in [4.78, 5) is 45.0. The summed E-state index contributed by atoms with van der Waals surface area (Å²) in [7, 11) is 3.68. The second-order valence-corrected chi connectivity index (χ2v) is 7.34. The molecule has 1 N–H and O–H groups in total. The van der Waals surface area contributed by atoms with Gasteiger partial charge in [0.25, 0.3) is 5.91 Å². The van der Waals surface area contributed by atoms with Crippen LogP contribution in [-0.4, -0.2) is 66.1 Å². The van der Waals surface area contributed by atoms with Crippen molar-refractivity contribution < 1.29 is 14.4 Å². The first-order chi connectivity index (χ1) is 12.9. The Bertz CT molecular complexity index is 750. The van der Waals surface area contributed by atoms with Gasteiger partial charge in [0.05, 0.1) is 0 Å². The number of Topliss-reactive ketones (excluding diaryl/α,β-unsaturated/α-hetero) is 1. The van der Waals surface area contributed by atoms with Crippen molar-refractivity contribution in [1.82, 2.24) is 15.1 Å². The summed E-state index contributed by atoms with van der Waals surface area (Å²) in [5, 5.41) is 2.82. The normalized spacial score (nSPS) is 18.2. The minimum Gasteiger partial charge on any atom is -0.349 e. The van der Waals surface area contributed by atoms with Gasteiger partial charge in [0.2, 0.25) is 11.9 Å². The van der Waals surface area contributed by atoms with Gasteiger partial charge < -0.3 is 9.80 Å². The maximum atomic E-state index is 12.4. The average Bonchev–Trinajstić information content (AvgIpc) is 2.99. The summed E-state index contributed by atoms with van der Waals surface area (Å²) in [6.07, 6.45) is 2.32. The van der Waals surface area contributed by atoms with Crippen LogP contribution in [0.5, 0.6) is 0 Å². The molecule has 0 atom stereocenters. The third kappa shape index (κ3) is 4.18. The number of ketones is 1. The van der Waals surface area contributed by atoms with Crippen LogP contribution in [0.1, 0.15) is 42.5 Å². The molecule has 1 spiro atoms. The summed E-state index contributed by atoms with van der Waals surface area (Å²) >= 11 is 0. The van der Waals surface area contributed by atoms with Gasteiger partial charge in [-0.15, -0.1) is 0 Å². The van der Waals surface area contributed by atoms with Gasteiger partial charge in [-0.05, 0) is 19.3 Å². The number of likely N-dealkylation sites (tertiary alicyclic amines) is 1. The van der Waals surface area contributed by atoms with Crippen molar-refractivity contribution in [2.75, 3.05) is 27.2 Å². The number of amides is 2. The Balaban J connectivity index is 1.46. The van der Waals surface area contributed by atoms with E-state index in [-0.39, 0.29) is 17.6 Å². The summed E-state index contributed by atoms with van der Waals surface area (Å²) in [6, 6.07) is 9.14. The molecule has 1 aromatic carbocycles. The Morgan fingerprint density at radius 2 is 1.81 bits per heavy atom. The van der Waals surface area contributed by atoms with Crippen molar-refractivity contribution in [3.63, 3.8) is 0 Å². The maximum Gasteiger partial charge on any atom is 0.254 e. The van der Waals surface area contributed by atoms with Crippen LogP contribution < -0.4 is 5.32 Å². The Morgan fingerprint density at radius 1 is 1.15 bits per heavy atom. The van der Waals surface area contributed by atoms with E-state index in [1.807, 2.05) is 32.3 Å². The summed E-state index contributed by atoms with van der Waals surface area (Å²) in [5.74, 6) is 0.612. The molecule has 0 unspecified atom stereocenters. The number of nitrogens with one attached hydrogen (secondary N) is 1. The van der Waals surface area contributed by atoms with Gasteiger partial charge in [-0.3, -0.25) is 19.7 Å². The van der Waals surface area contributed by atoms with Crippen LogP contribution >= 0.6 is 0 Å². The van der Waals surface area contributed by atoms with Gasteiger partial charge >= 0.3 is 0 Å². The molecule has 0 bridgehead atoms. The van der Waals surface area contributed by atoms with Crippen molar-refractivity contribution in [2.45, 2.75) is 37.6 Å². The van der Waals surface area contributed by atoms with Gasteiger partial charge in [-0.2, -0.15) is 0 Å². The summed E-state index contributed by atoms with van der Waals surface area (Å²) in [5.41, 5.74) is -0.0497. The molecule has 144 valence electrons. The molecule has 27 heavy (non-hydrogen) atoms. The molecule has 2 amide bonds. The molecule has 1 saturated heterocycles. The molecule has 3 rings (SSSR count). The minimum absolute atomic E-state index is 0.0425. The van der Waals surface area contributed by atoms with Crippen molar-refractivity contribution in [1.29, 1.82) is 0 Å². The molecule has 2 aliphatic rings. The fourth-order valence-electron chi connectivity index (χ4n) is 3.50. The van der Waals surface area contributed by atoms with Crippen LogP contribution in [0.25, 0.3) is 0 Å². The zero-order chi connectivity index (χ0) is 19.4. The van der Waals surface area contributed by atoms with Crippen molar-refractivity contribution in [3.8, 4) is 0 Å². The van der Waals surface area contributed by atoms with Gasteiger partial charge in [0.15, 0.2) is 5.78 Å². The van der Waals surface area contributed by atoms with E-state index in [0.717, 1.165) is 0 Å². The number of hydrogen-bond acceptors (Lipinski definition) is 5. The average molecular weight is 370 g/mol. The Kier molecular flexibility index (Phi) is 5.58. The van der Waals surface area contributed by atoms with Gasteiger partial charge in [0, 0.05) is 45.6 Å². The SMILES string of the molecule is CN(C)C1=NC2(CCN(C(=O)CCCC(=O)c3ccccc3)CC2)C(=O)N1. The van der Waals surface area contributed by atoms with E-state index in [9.17, 15) is 14.4 Å². The number of carbonyl (C=O) groups is 3. The van der Waals surface area contributed by atoms with Gasteiger partial charge in [-0.25, -0.2) is 4.99 Å². The smallest absolute Gasteiger partial charge is 0.254 e. The quantitative estimate of drug-likeness (QED) is 0.796. The molecule has 7 heteroatoms.